The SMILES string of the molecule is C#CCN(C)C(=O)c1cc(N)cc(N)c1. The van der Waals surface area contributed by atoms with Crippen molar-refractivity contribution in [2.45, 2.75) is 0 Å². The first-order valence-corrected chi connectivity index (χ1v) is 4.39. The van der Waals surface area contributed by atoms with Crippen LogP contribution in [0, 0.1) is 12.3 Å². The fourth-order valence-corrected chi connectivity index (χ4v) is 1.23. The zero-order valence-corrected chi connectivity index (χ0v) is 8.53. The number of benzene rings is 1. The van der Waals surface area contributed by atoms with Crippen LogP contribution < -0.4 is 11.5 Å². The molecule has 15 heavy (non-hydrogen) atoms. The summed E-state index contributed by atoms with van der Waals surface area (Å²) in [5.74, 6) is 2.20. The average molecular weight is 203 g/mol. The van der Waals surface area contributed by atoms with E-state index in [4.69, 9.17) is 17.9 Å². The molecule has 4 nitrogen and oxygen atoms in total. The molecule has 0 unspecified atom stereocenters. The van der Waals surface area contributed by atoms with Crippen LogP contribution in [-0.4, -0.2) is 24.4 Å². The minimum Gasteiger partial charge on any atom is -0.399 e. The third-order valence-electron chi connectivity index (χ3n) is 1.90. The summed E-state index contributed by atoms with van der Waals surface area (Å²) >= 11 is 0. The first-order chi connectivity index (χ1) is 7.04. The van der Waals surface area contributed by atoms with Crippen molar-refractivity contribution in [1.82, 2.24) is 4.90 Å². The van der Waals surface area contributed by atoms with Gasteiger partial charge in [-0.3, -0.25) is 4.79 Å². The Balaban J connectivity index is 2.97. The largest absolute Gasteiger partial charge is 0.399 e. The number of nitrogens with zero attached hydrogens (tertiary/aromatic N) is 1. The van der Waals surface area contributed by atoms with Crippen molar-refractivity contribution < 1.29 is 4.79 Å². The normalized spacial score (nSPS) is 9.33. The van der Waals surface area contributed by atoms with Crippen LogP contribution in [0.15, 0.2) is 18.2 Å². The van der Waals surface area contributed by atoms with Crippen LogP contribution in [0.2, 0.25) is 0 Å². The van der Waals surface area contributed by atoms with Gasteiger partial charge in [-0.2, -0.15) is 0 Å². The highest BCUT2D eigenvalue weighted by molar-refractivity contribution is 5.96. The number of terminal acetylenes is 1. The Bertz CT molecular complexity index is 400. The van der Waals surface area contributed by atoms with E-state index >= 15 is 0 Å². The lowest BCUT2D eigenvalue weighted by Crippen LogP contribution is -2.27. The third-order valence-corrected chi connectivity index (χ3v) is 1.90. The van der Waals surface area contributed by atoms with Crippen LogP contribution in [-0.2, 0) is 0 Å². The smallest absolute Gasteiger partial charge is 0.254 e. The molecule has 0 aliphatic carbocycles. The van der Waals surface area contributed by atoms with Gasteiger partial charge in [0.15, 0.2) is 0 Å². The average Bonchev–Trinajstić information content (AvgIpc) is 2.15. The van der Waals surface area contributed by atoms with Crippen LogP contribution in [0.5, 0.6) is 0 Å². The van der Waals surface area contributed by atoms with E-state index in [-0.39, 0.29) is 12.5 Å². The maximum absolute atomic E-state index is 11.8. The van der Waals surface area contributed by atoms with E-state index in [2.05, 4.69) is 5.92 Å². The predicted molar refractivity (Wildman–Crippen MR) is 61.1 cm³/mol. The van der Waals surface area contributed by atoms with Gasteiger partial charge < -0.3 is 16.4 Å². The van der Waals surface area contributed by atoms with Gasteiger partial charge in [0.2, 0.25) is 0 Å². The number of nitrogens with two attached hydrogens (primary N) is 2. The van der Waals surface area contributed by atoms with E-state index < -0.39 is 0 Å². The highest BCUT2D eigenvalue weighted by Crippen LogP contribution is 2.14. The minimum absolute atomic E-state index is 0.188. The molecule has 1 aromatic carbocycles. The van der Waals surface area contributed by atoms with Gasteiger partial charge in [0, 0.05) is 24.0 Å². The zero-order valence-electron chi connectivity index (χ0n) is 8.53. The van der Waals surface area contributed by atoms with Gasteiger partial charge in [-0.05, 0) is 18.2 Å². The molecule has 0 fully saturated rings. The molecule has 4 N–H and O–H groups in total. The van der Waals surface area contributed by atoms with Gasteiger partial charge in [0.25, 0.3) is 5.91 Å². The topological polar surface area (TPSA) is 72.3 Å². The molecule has 0 heterocycles. The number of nitrogen functional groups attached to an aromatic ring is 2. The molecule has 1 amide bonds. The summed E-state index contributed by atoms with van der Waals surface area (Å²) < 4.78 is 0. The molecule has 0 aliphatic rings. The summed E-state index contributed by atoms with van der Waals surface area (Å²) in [4.78, 5) is 13.2. The third kappa shape index (κ3) is 2.64. The number of hydrogen-bond acceptors (Lipinski definition) is 3. The Morgan fingerprint density at radius 3 is 2.40 bits per heavy atom. The molecular formula is C11H13N3O. The van der Waals surface area contributed by atoms with E-state index in [0.717, 1.165) is 0 Å². The molecule has 0 spiro atoms. The van der Waals surface area contributed by atoms with Gasteiger partial charge >= 0.3 is 0 Å². The lowest BCUT2D eigenvalue weighted by Gasteiger charge is -2.14. The molecule has 0 aliphatic heterocycles. The van der Waals surface area contributed by atoms with Crippen LogP contribution in [0.1, 0.15) is 10.4 Å². The number of hydrogen-bond donors (Lipinski definition) is 2. The summed E-state index contributed by atoms with van der Waals surface area (Å²) in [5.41, 5.74) is 12.5. The number of rotatable bonds is 2. The van der Waals surface area contributed by atoms with E-state index in [9.17, 15) is 4.79 Å². The second-order valence-corrected chi connectivity index (χ2v) is 3.25. The minimum atomic E-state index is -0.188. The Morgan fingerprint density at radius 2 is 1.93 bits per heavy atom. The molecule has 1 rings (SSSR count). The molecule has 1 aromatic rings. The van der Waals surface area contributed by atoms with Crippen LogP contribution in [0.4, 0.5) is 11.4 Å². The molecule has 78 valence electrons. The fourth-order valence-electron chi connectivity index (χ4n) is 1.23. The van der Waals surface area contributed by atoms with Crippen molar-refractivity contribution >= 4 is 17.3 Å². The first kappa shape index (κ1) is 10.9. The highest BCUT2D eigenvalue weighted by atomic mass is 16.2. The number of carbonyl (C=O) groups excluding carboxylic acids is 1. The Hall–Kier alpha value is -2.15. The van der Waals surface area contributed by atoms with Crippen molar-refractivity contribution in [1.29, 1.82) is 0 Å². The van der Waals surface area contributed by atoms with Crippen molar-refractivity contribution in [2.24, 2.45) is 0 Å². The lowest BCUT2D eigenvalue weighted by molar-refractivity contribution is 0.0812. The molecule has 0 saturated carbocycles. The Morgan fingerprint density at radius 1 is 1.40 bits per heavy atom. The number of anilines is 2. The fraction of sp³-hybridized carbons (Fsp3) is 0.182. The van der Waals surface area contributed by atoms with E-state index in [1.165, 1.54) is 4.90 Å². The highest BCUT2D eigenvalue weighted by Gasteiger charge is 2.11. The zero-order chi connectivity index (χ0) is 11.4. The molecule has 0 bridgehead atoms. The summed E-state index contributed by atoms with van der Waals surface area (Å²) in [7, 11) is 1.63. The molecule has 0 saturated heterocycles. The lowest BCUT2D eigenvalue weighted by atomic mass is 10.1. The van der Waals surface area contributed by atoms with Gasteiger partial charge in [0.1, 0.15) is 0 Å². The van der Waals surface area contributed by atoms with Crippen molar-refractivity contribution in [3.05, 3.63) is 23.8 Å². The molecule has 0 atom stereocenters. The van der Waals surface area contributed by atoms with E-state index in [1.54, 1.807) is 25.2 Å². The molecule has 0 aromatic heterocycles. The van der Waals surface area contributed by atoms with Crippen LogP contribution >= 0.6 is 0 Å². The second kappa shape index (κ2) is 4.38. The molecular weight excluding hydrogens is 190 g/mol. The quantitative estimate of drug-likeness (QED) is 0.544. The standard InChI is InChI=1S/C11H13N3O/c1-3-4-14(2)11(15)8-5-9(12)7-10(13)6-8/h1,5-7H,4,12-13H2,2H3. The maximum Gasteiger partial charge on any atom is 0.254 e. The summed E-state index contributed by atoms with van der Waals surface area (Å²) in [6.45, 7) is 0.257. The second-order valence-electron chi connectivity index (χ2n) is 3.25. The van der Waals surface area contributed by atoms with Gasteiger partial charge in [-0.15, -0.1) is 6.42 Å². The Kier molecular flexibility index (Phi) is 3.19. The monoisotopic (exact) mass is 203 g/mol. The van der Waals surface area contributed by atoms with Crippen molar-refractivity contribution in [2.75, 3.05) is 25.1 Å². The molecule has 0 radical (unpaired) electrons. The summed E-state index contributed by atoms with van der Waals surface area (Å²) in [5, 5.41) is 0. The van der Waals surface area contributed by atoms with E-state index in [1.807, 2.05) is 0 Å². The first-order valence-electron chi connectivity index (χ1n) is 4.39. The summed E-state index contributed by atoms with van der Waals surface area (Å²) in [6.07, 6.45) is 5.11. The predicted octanol–water partition coefficient (Wildman–Crippen LogP) is 0.556. The van der Waals surface area contributed by atoms with Gasteiger partial charge in [-0.25, -0.2) is 0 Å². The Labute approximate surface area is 88.9 Å². The van der Waals surface area contributed by atoms with Crippen LogP contribution in [0.3, 0.4) is 0 Å². The molecule has 4 heteroatoms. The number of carbonyl (C=O) groups is 1. The van der Waals surface area contributed by atoms with E-state index in [0.29, 0.717) is 16.9 Å². The van der Waals surface area contributed by atoms with Crippen molar-refractivity contribution in [3.63, 3.8) is 0 Å². The van der Waals surface area contributed by atoms with Crippen LogP contribution in [0.25, 0.3) is 0 Å². The maximum atomic E-state index is 11.8. The number of amides is 1. The summed E-state index contributed by atoms with van der Waals surface area (Å²) in [6, 6.07) is 4.75. The van der Waals surface area contributed by atoms with Crippen molar-refractivity contribution in [3.8, 4) is 12.3 Å². The van der Waals surface area contributed by atoms with Gasteiger partial charge in [0.05, 0.1) is 6.54 Å². The van der Waals surface area contributed by atoms with Gasteiger partial charge in [-0.1, -0.05) is 5.92 Å².